The largest absolute Gasteiger partial charge is 0.481 e. The Morgan fingerprint density at radius 1 is 1.53 bits per heavy atom. The minimum absolute atomic E-state index is 0.0253. The highest BCUT2D eigenvalue weighted by Gasteiger charge is 2.15. The average Bonchev–Trinajstić information content (AvgIpc) is 3.01. The second-order valence-electron chi connectivity index (χ2n) is 4.35. The Morgan fingerprint density at radius 2 is 2.37 bits per heavy atom. The van der Waals surface area contributed by atoms with E-state index in [1.165, 1.54) is 0 Å². The lowest BCUT2D eigenvalue weighted by Crippen LogP contribution is -2.18. The molecule has 2 heterocycles. The van der Waals surface area contributed by atoms with E-state index in [1.807, 2.05) is 19.2 Å². The molecule has 0 saturated carbocycles. The van der Waals surface area contributed by atoms with Gasteiger partial charge < -0.3 is 5.11 Å². The number of hydrogen-bond donors (Lipinski definition) is 1. The lowest BCUT2D eigenvalue weighted by Gasteiger charge is -2.13. The molecule has 1 N–H and O–H groups in total. The van der Waals surface area contributed by atoms with Crippen molar-refractivity contribution in [2.45, 2.75) is 32.9 Å². The van der Waals surface area contributed by atoms with Crippen molar-refractivity contribution in [2.75, 3.05) is 0 Å². The minimum atomic E-state index is -0.798. The number of aromatic nitrogens is 6. The molecule has 0 aliphatic carbocycles. The van der Waals surface area contributed by atoms with Crippen LogP contribution >= 0.6 is 0 Å². The first-order valence-electron chi connectivity index (χ1n) is 6.13. The first-order valence-corrected chi connectivity index (χ1v) is 6.13. The van der Waals surface area contributed by atoms with E-state index in [0.717, 1.165) is 6.42 Å². The van der Waals surface area contributed by atoms with Crippen molar-refractivity contribution < 1.29 is 9.90 Å². The molecule has 0 spiro atoms. The standard InChI is InChI=1S/C11H16N6O2/c1-2-9(6-11(18)19)7-17-10(13-14-15-17)8-16-5-3-4-12-16/h3-5,9H,2,6-8H2,1H3,(H,18,19). The number of tetrazole rings is 1. The zero-order chi connectivity index (χ0) is 13.7. The Kier molecular flexibility index (Phi) is 4.22. The van der Waals surface area contributed by atoms with Crippen LogP contribution in [0.2, 0.25) is 0 Å². The number of carboxylic acid groups (broad SMARTS) is 1. The highest BCUT2D eigenvalue weighted by atomic mass is 16.4. The predicted molar refractivity (Wildman–Crippen MR) is 65.2 cm³/mol. The van der Waals surface area contributed by atoms with Gasteiger partial charge in [-0.15, -0.1) is 5.10 Å². The smallest absolute Gasteiger partial charge is 0.303 e. The third-order valence-electron chi connectivity index (χ3n) is 2.94. The van der Waals surface area contributed by atoms with Crippen LogP contribution in [0.3, 0.4) is 0 Å². The maximum absolute atomic E-state index is 10.8. The summed E-state index contributed by atoms with van der Waals surface area (Å²) in [6.07, 6.45) is 4.41. The van der Waals surface area contributed by atoms with Gasteiger partial charge in [-0.05, 0) is 22.4 Å². The van der Waals surface area contributed by atoms with Crippen LogP contribution in [-0.4, -0.2) is 41.1 Å². The van der Waals surface area contributed by atoms with Gasteiger partial charge in [0.15, 0.2) is 5.82 Å². The molecular formula is C11H16N6O2. The number of nitrogens with zero attached hydrogens (tertiary/aromatic N) is 6. The van der Waals surface area contributed by atoms with E-state index < -0.39 is 5.97 Å². The van der Waals surface area contributed by atoms with Gasteiger partial charge in [-0.2, -0.15) is 5.10 Å². The van der Waals surface area contributed by atoms with Crippen LogP contribution in [-0.2, 0) is 17.9 Å². The van der Waals surface area contributed by atoms with Gasteiger partial charge in [0, 0.05) is 25.4 Å². The van der Waals surface area contributed by atoms with Gasteiger partial charge in [-0.1, -0.05) is 13.3 Å². The summed E-state index contributed by atoms with van der Waals surface area (Å²) < 4.78 is 3.37. The Hall–Kier alpha value is -2.25. The third kappa shape index (κ3) is 3.60. The fourth-order valence-electron chi connectivity index (χ4n) is 1.85. The molecule has 19 heavy (non-hydrogen) atoms. The van der Waals surface area contributed by atoms with Crippen molar-refractivity contribution in [3.8, 4) is 0 Å². The summed E-state index contributed by atoms with van der Waals surface area (Å²) in [5.41, 5.74) is 0. The van der Waals surface area contributed by atoms with E-state index in [2.05, 4.69) is 20.6 Å². The molecule has 0 aliphatic rings. The van der Waals surface area contributed by atoms with Crippen molar-refractivity contribution >= 4 is 5.97 Å². The van der Waals surface area contributed by atoms with Crippen LogP contribution in [0.15, 0.2) is 18.5 Å². The molecule has 8 heteroatoms. The SMILES string of the molecule is CCC(CC(=O)O)Cn1nnnc1Cn1cccn1. The second-order valence-corrected chi connectivity index (χ2v) is 4.35. The van der Waals surface area contributed by atoms with Crippen LogP contribution < -0.4 is 0 Å². The summed E-state index contributed by atoms with van der Waals surface area (Å²) in [6, 6.07) is 1.83. The summed E-state index contributed by atoms with van der Waals surface area (Å²) in [6.45, 7) is 2.95. The summed E-state index contributed by atoms with van der Waals surface area (Å²) in [7, 11) is 0. The maximum atomic E-state index is 10.8. The fraction of sp³-hybridized carbons (Fsp3) is 0.545. The minimum Gasteiger partial charge on any atom is -0.481 e. The number of hydrogen-bond acceptors (Lipinski definition) is 5. The molecule has 0 fully saturated rings. The van der Waals surface area contributed by atoms with E-state index in [-0.39, 0.29) is 12.3 Å². The molecule has 0 radical (unpaired) electrons. The van der Waals surface area contributed by atoms with Crippen molar-refractivity contribution in [3.63, 3.8) is 0 Å². The molecule has 0 aromatic carbocycles. The van der Waals surface area contributed by atoms with Crippen molar-refractivity contribution in [1.82, 2.24) is 30.0 Å². The molecule has 1 unspecified atom stereocenters. The Morgan fingerprint density at radius 3 is 3.00 bits per heavy atom. The third-order valence-corrected chi connectivity index (χ3v) is 2.94. The first kappa shape index (κ1) is 13.2. The van der Waals surface area contributed by atoms with Gasteiger partial charge in [-0.3, -0.25) is 9.48 Å². The van der Waals surface area contributed by atoms with Gasteiger partial charge in [0.25, 0.3) is 0 Å². The summed E-state index contributed by atoms with van der Waals surface area (Å²) in [4.78, 5) is 10.8. The highest BCUT2D eigenvalue weighted by molar-refractivity contribution is 5.66. The van der Waals surface area contributed by atoms with E-state index in [0.29, 0.717) is 18.9 Å². The molecule has 8 nitrogen and oxygen atoms in total. The van der Waals surface area contributed by atoms with Crippen molar-refractivity contribution in [2.24, 2.45) is 5.92 Å². The van der Waals surface area contributed by atoms with Gasteiger partial charge in [0.05, 0.1) is 0 Å². The Bertz CT molecular complexity index is 521. The summed E-state index contributed by atoms with van der Waals surface area (Å²) in [5.74, 6) is -0.0986. The van der Waals surface area contributed by atoms with Gasteiger partial charge in [0.1, 0.15) is 6.54 Å². The molecule has 0 amide bonds. The maximum Gasteiger partial charge on any atom is 0.303 e. The van der Waals surface area contributed by atoms with Crippen LogP contribution in [0.25, 0.3) is 0 Å². The number of carbonyl (C=O) groups is 1. The van der Waals surface area contributed by atoms with E-state index in [1.54, 1.807) is 15.6 Å². The quantitative estimate of drug-likeness (QED) is 0.778. The molecule has 0 aliphatic heterocycles. The van der Waals surface area contributed by atoms with Crippen LogP contribution in [0.1, 0.15) is 25.6 Å². The molecular weight excluding hydrogens is 248 g/mol. The number of aliphatic carboxylic acids is 1. The molecule has 1 atom stereocenters. The Balaban J connectivity index is 2.04. The van der Waals surface area contributed by atoms with Gasteiger partial charge >= 0.3 is 5.97 Å². The molecule has 2 rings (SSSR count). The summed E-state index contributed by atoms with van der Waals surface area (Å²) in [5, 5.41) is 24.4. The second kappa shape index (κ2) is 6.07. The molecule has 2 aromatic heterocycles. The number of carboxylic acids is 1. The normalized spacial score (nSPS) is 12.5. The zero-order valence-electron chi connectivity index (χ0n) is 10.7. The van der Waals surface area contributed by atoms with Gasteiger partial charge in [-0.25, -0.2) is 4.68 Å². The highest BCUT2D eigenvalue weighted by Crippen LogP contribution is 2.11. The van der Waals surface area contributed by atoms with E-state index in [9.17, 15) is 4.79 Å². The monoisotopic (exact) mass is 264 g/mol. The zero-order valence-corrected chi connectivity index (χ0v) is 10.7. The predicted octanol–water partition coefficient (Wildman–Crippen LogP) is 0.419. The van der Waals surface area contributed by atoms with E-state index >= 15 is 0 Å². The molecule has 0 bridgehead atoms. The van der Waals surface area contributed by atoms with Crippen molar-refractivity contribution in [3.05, 3.63) is 24.3 Å². The van der Waals surface area contributed by atoms with Crippen LogP contribution in [0, 0.1) is 5.92 Å². The van der Waals surface area contributed by atoms with Gasteiger partial charge in [0.2, 0.25) is 0 Å². The lowest BCUT2D eigenvalue weighted by atomic mass is 10.0. The van der Waals surface area contributed by atoms with Crippen LogP contribution in [0.5, 0.6) is 0 Å². The fourth-order valence-corrected chi connectivity index (χ4v) is 1.85. The van der Waals surface area contributed by atoms with Crippen molar-refractivity contribution in [1.29, 1.82) is 0 Å². The van der Waals surface area contributed by atoms with E-state index in [4.69, 9.17) is 5.11 Å². The molecule has 2 aromatic rings. The molecule has 102 valence electrons. The summed E-state index contributed by atoms with van der Waals surface area (Å²) >= 11 is 0. The lowest BCUT2D eigenvalue weighted by molar-refractivity contribution is -0.138. The average molecular weight is 264 g/mol. The first-order chi connectivity index (χ1) is 9.19. The Labute approximate surface area is 110 Å². The number of rotatable bonds is 7. The topological polar surface area (TPSA) is 98.7 Å². The van der Waals surface area contributed by atoms with Crippen LogP contribution in [0.4, 0.5) is 0 Å². The molecule has 0 saturated heterocycles.